The van der Waals surface area contributed by atoms with Crippen LogP contribution in [0.1, 0.15) is 0 Å². The van der Waals surface area contributed by atoms with Gasteiger partial charge in [-0.15, -0.1) is 0 Å². The first-order valence-corrected chi connectivity index (χ1v) is 25.1. The number of hydrogen-bond acceptors (Lipinski definition) is 4. The maximum absolute atomic E-state index is 7.04. The Balaban J connectivity index is 0.917. The van der Waals surface area contributed by atoms with E-state index in [4.69, 9.17) is 9.15 Å². The van der Waals surface area contributed by atoms with E-state index in [1.807, 2.05) is 12.1 Å². The summed E-state index contributed by atoms with van der Waals surface area (Å²) in [4.78, 5) is 4.74. The number of hydrogen-bond donors (Lipinski definition) is 0. The molecule has 0 bridgehead atoms. The van der Waals surface area contributed by atoms with Gasteiger partial charge in [0.15, 0.2) is 0 Å². The maximum atomic E-state index is 7.04. The smallest absolute Gasteiger partial charge is 0.143 e. The van der Waals surface area contributed by atoms with Gasteiger partial charge >= 0.3 is 0 Å². The van der Waals surface area contributed by atoms with Crippen LogP contribution in [0.4, 0.5) is 34.1 Å². The maximum Gasteiger partial charge on any atom is 0.143 e. The molecule has 0 atom stereocenters. The minimum atomic E-state index is 0.811. The zero-order valence-corrected chi connectivity index (χ0v) is 40.3. The van der Waals surface area contributed by atoms with Gasteiger partial charge in [0.2, 0.25) is 0 Å². The van der Waals surface area contributed by atoms with E-state index in [0.717, 1.165) is 117 Å². The Morgan fingerprint density at radius 1 is 0.257 bits per heavy atom. The molecule has 0 saturated heterocycles. The van der Waals surface area contributed by atoms with Crippen LogP contribution in [0.5, 0.6) is 11.5 Å². The van der Waals surface area contributed by atoms with Crippen molar-refractivity contribution >= 4 is 66.8 Å². The largest absolute Gasteiger partial charge is 0.456 e. The van der Waals surface area contributed by atoms with Crippen molar-refractivity contribution in [3.05, 3.63) is 279 Å². The lowest BCUT2D eigenvalue weighted by Crippen LogP contribution is -2.13. The summed E-state index contributed by atoms with van der Waals surface area (Å²) in [6.07, 6.45) is 0. The van der Waals surface area contributed by atoms with Crippen molar-refractivity contribution in [3.63, 3.8) is 0 Å². The van der Waals surface area contributed by atoms with Crippen LogP contribution in [-0.2, 0) is 0 Å². The first-order chi connectivity index (χ1) is 36.7. The summed E-state index contributed by atoms with van der Waals surface area (Å²) >= 11 is 0. The molecule has 4 nitrogen and oxygen atoms in total. The number of rotatable bonds is 10. The molecule has 0 amide bonds. The molecular weight excluding hydrogens is 901 g/mol. The normalized spacial score (nSPS) is 11.6. The van der Waals surface area contributed by atoms with Crippen molar-refractivity contribution in [3.8, 4) is 67.1 Å². The highest BCUT2D eigenvalue weighted by Crippen LogP contribution is 2.55. The molecule has 0 fully saturated rings. The zero-order valence-electron chi connectivity index (χ0n) is 40.3. The molecule has 0 unspecified atom stereocenters. The number of fused-ring (bicyclic) bond motifs is 5. The third-order valence-corrected chi connectivity index (χ3v) is 14.5. The number of para-hydroxylation sites is 2. The predicted octanol–water partition coefficient (Wildman–Crippen LogP) is 20.1. The van der Waals surface area contributed by atoms with Crippen LogP contribution in [-0.4, -0.2) is 0 Å². The molecule has 0 aliphatic carbocycles. The van der Waals surface area contributed by atoms with Crippen LogP contribution in [0, 0.1) is 0 Å². The average Bonchev–Trinajstić information content (AvgIpc) is 3.87. The lowest BCUT2D eigenvalue weighted by Gasteiger charge is -2.32. The Hall–Kier alpha value is -9.90. The molecule has 14 rings (SSSR count). The molecule has 13 aromatic rings. The Morgan fingerprint density at radius 2 is 0.689 bits per heavy atom. The van der Waals surface area contributed by atoms with Gasteiger partial charge in [-0.05, 0) is 123 Å². The summed E-state index contributed by atoms with van der Waals surface area (Å²) < 4.78 is 13.5. The van der Waals surface area contributed by atoms with Gasteiger partial charge in [0.05, 0.1) is 11.4 Å². The van der Waals surface area contributed by atoms with Gasteiger partial charge in [-0.3, -0.25) is 0 Å². The summed E-state index contributed by atoms with van der Waals surface area (Å²) in [5, 5.41) is 4.37. The molecule has 0 radical (unpaired) electrons. The van der Waals surface area contributed by atoms with E-state index in [9.17, 15) is 0 Å². The van der Waals surface area contributed by atoms with E-state index < -0.39 is 0 Å². The second-order valence-electron chi connectivity index (χ2n) is 18.8. The van der Waals surface area contributed by atoms with Gasteiger partial charge < -0.3 is 19.0 Å². The lowest BCUT2D eigenvalue weighted by molar-refractivity contribution is 0.487. The van der Waals surface area contributed by atoms with E-state index in [1.165, 1.54) is 16.7 Å². The fourth-order valence-electron chi connectivity index (χ4n) is 10.9. The average molecular weight is 947 g/mol. The van der Waals surface area contributed by atoms with Gasteiger partial charge in [0.25, 0.3) is 0 Å². The molecule has 2 heterocycles. The predicted molar refractivity (Wildman–Crippen MR) is 308 cm³/mol. The SMILES string of the molecule is c1ccc(-c2ccc(N(c3ccc(-c4ccccc4)cc3)c3cccc4c3-c3cccc5c(N(c6ccc(-c7ccccc7)cc6)c6ccc(-c7cccc8c7oc7ccccc78)cc6)ccc(c35)O4)cc2)cc1. The van der Waals surface area contributed by atoms with Crippen LogP contribution in [0.3, 0.4) is 0 Å². The molecule has 0 saturated carbocycles. The van der Waals surface area contributed by atoms with E-state index in [0.29, 0.717) is 0 Å². The Bertz CT molecular complexity index is 4090. The Morgan fingerprint density at radius 3 is 1.24 bits per heavy atom. The minimum Gasteiger partial charge on any atom is -0.456 e. The molecule has 4 heteroatoms. The molecule has 348 valence electrons. The molecule has 1 aromatic heterocycles. The minimum absolute atomic E-state index is 0.811. The summed E-state index contributed by atoms with van der Waals surface area (Å²) in [5.41, 5.74) is 19.3. The van der Waals surface area contributed by atoms with E-state index in [-0.39, 0.29) is 0 Å². The van der Waals surface area contributed by atoms with Crippen LogP contribution in [0.15, 0.2) is 283 Å². The third kappa shape index (κ3) is 7.48. The van der Waals surface area contributed by atoms with Gasteiger partial charge in [-0.1, -0.05) is 200 Å². The van der Waals surface area contributed by atoms with Crippen molar-refractivity contribution in [2.24, 2.45) is 0 Å². The molecule has 1 aliphatic rings. The monoisotopic (exact) mass is 946 g/mol. The second-order valence-corrected chi connectivity index (χ2v) is 18.8. The summed E-state index contributed by atoms with van der Waals surface area (Å²) in [5.74, 6) is 1.63. The topological polar surface area (TPSA) is 28.9 Å². The van der Waals surface area contributed by atoms with Crippen molar-refractivity contribution in [2.75, 3.05) is 9.80 Å². The standard InChI is InChI=1S/C70H46N2O2/c1-4-15-47(16-5-1)50-29-37-54(38-30-50)71(55-43-35-53(36-44-55)58-22-12-23-60-59-21-10-11-27-65(59)74-70(58)60)63-45-46-67-68-61(63)24-13-25-62(68)69-64(26-14-28-66(69)73-67)72(56-39-31-51(32-40-56)48-17-6-2-7-18-48)57-41-33-52(34-42-57)49-19-8-3-9-20-49/h1-46H. The first kappa shape index (κ1) is 42.9. The van der Waals surface area contributed by atoms with Gasteiger partial charge in [0, 0.05) is 55.4 Å². The number of benzene rings is 12. The highest BCUT2D eigenvalue weighted by atomic mass is 16.5. The summed E-state index contributed by atoms with van der Waals surface area (Å²) in [6, 6.07) is 99.4. The first-order valence-electron chi connectivity index (χ1n) is 25.1. The third-order valence-electron chi connectivity index (χ3n) is 14.5. The number of ether oxygens (including phenoxy) is 1. The number of nitrogens with zero attached hydrogens (tertiary/aromatic N) is 2. The van der Waals surface area contributed by atoms with Crippen molar-refractivity contribution in [1.82, 2.24) is 0 Å². The van der Waals surface area contributed by atoms with Gasteiger partial charge in [-0.2, -0.15) is 0 Å². The highest BCUT2D eigenvalue weighted by molar-refractivity contribution is 6.13. The lowest BCUT2D eigenvalue weighted by atomic mass is 9.91. The Kier molecular flexibility index (Phi) is 10.5. The van der Waals surface area contributed by atoms with E-state index in [1.54, 1.807) is 0 Å². The summed E-state index contributed by atoms with van der Waals surface area (Å²) in [7, 11) is 0. The van der Waals surface area contributed by atoms with E-state index >= 15 is 0 Å². The van der Waals surface area contributed by atoms with Crippen molar-refractivity contribution in [1.29, 1.82) is 0 Å². The van der Waals surface area contributed by atoms with Crippen LogP contribution >= 0.6 is 0 Å². The van der Waals surface area contributed by atoms with Crippen LogP contribution in [0.2, 0.25) is 0 Å². The van der Waals surface area contributed by atoms with Gasteiger partial charge in [-0.25, -0.2) is 0 Å². The molecule has 12 aromatic carbocycles. The van der Waals surface area contributed by atoms with Crippen molar-refractivity contribution in [2.45, 2.75) is 0 Å². The fraction of sp³-hybridized carbons (Fsp3) is 0. The zero-order chi connectivity index (χ0) is 49.0. The fourth-order valence-corrected chi connectivity index (χ4v) is 10.9. The van der Waals surface area contributed by atoms with E-state index in [2.05, 4.69) is 277 Å². The molecule has 0 N–H and O–H groups in total. The van der Waals surface area contributed by atoms with Crippen LogP contribution < -0.4 is 14.5 Å². The second kappa shape index (κ2) is 18.1. The quantitative estimate of drug-likeness (QED) is 0.137. The van der Waals surface area contributed by atoms with Crippen molar-refractivity contribution < 1.29 is 9.15 Å². The number of anilines is 6. The van der Waals surface area contributed by atoms with Gasteiger partial charge in [0.1, 0.15) is 22.7 Å². The highest BCUT2D eigenvalue weighted by Gasteiger charge is 2.29. The molecule has 1 aliphatic heterocycles. The Labute approximate surface area is 429 Å². The molecule has 0 spiro atoms. The molecular formula is C70H46N2O2. The number of furan rings is 1. The molecule has 74 heavy (non-hydrogen) atoms. The van der Waals surface area contributed by atoms with Crippen LogP contribution in [0.25, 0.3) is 88.3 Å². The summed E-state index contributed by atoms with van der Waals surface area (Å²) in [6.45, 7) is 0.